The van der Waals surface area contributed by atoms with Gasteiger partial charge in [-0.3, -0.25) is 4.79 Å². The van der Waals surface area contributed by atoms with Gasteiger partial charge in [0.1, 0.15) is 11.5 Å². The fraction of sp³-hybridized carbons (Fsp3) is 0.188. The van der Waals surface area contributed by atoms with Crippen LogP contribution in [0, 0.1) is 0 Å². The summed E-state index contributed by atoms with van der Waals surface area (Å²) in [5.74, 6) is 0.547. The van der Waals surface area contributed by atoms with Crippen molar-refractivity contribution >= 4 is 46.4 Å². The van der Waals surface area contributed by atoms with Gasteiger partial charge in [0, 0.05) is 15.1 Å². The van der Waals surface area contributed by atoms with Crippen LogP contribution in [0.2, 0.25) is 15.1 Å². The number of methoxy groups -OCH3 is 1. The third-order valence-electron chi connectivity index (χ3n) is 2.94. The lowest BCUT2D eigenvalue weighted by Crippen LogP contribution is -2.30. The van der Waals surface area contributed by atoms with Crippen LogP contribution in [0.25, 0.3) is 0 Å². The summed E-state index contributed by atoms with van der Waals surface area (Å²) in [5, 5.41) is 4.05. The summed E-state index contributed by atoms with van der Waals surface area (Å²) in [7, 11) is 1.51. The van der Waals surface area contributed by atoms with Gasteiger partial charge in [0.25, 0.3) is 5.91 Å². The number of nitrogens with one attached hydrogen (secondary N) is 1. The second kappa shape index (κ2) is 7.77. The molecule has 0 fully saturated rings. The molecule has 4 nitrogen and oxygen atoms in total. The van der Waals surface area contributed by atoms with E-state index in [-0.39, 0.29) is 5.91 Å². The van der Waals surface area contributed by atoms with Gasteiger partial charge < -0.3 is 14.8 Å². The smallest absolute Gasteiger partial charge is 0.265 e. The molecule has 2 rings (SSSR count). The molecular weight excluding hydrogens is 361 g/mol. The summed E-state index contributed by atoms with van der Waals surface area (Å²) >= 11 is 17.7. The first kappa shape index (κ1) is 17.7. The number of rotatable bonds is 5. The van der Waals surface area contributed by atoms with Crippen LogP contribution in [0.5, 0.6) is 11.5 Å². The Labute approximate surface area is 149 Å². The van der Waals surface area contributed by atoms with Gasteiger partial charge in [-0.2, -0.15) is 0 Å². The average molecular weight is 375 g/mol. The van der Waals surface area contributed by atoms with E-state index in [0.717, 1.165) is 0 Å². The second-order valence-electron chi connectivity index (χ2n) is 4.70. The number of benzene rings is 2. The zero-order valence-corrected chi connectivity index (χ0v) is 14.7. The molecule has 0 heterocycles. The van der Waals surface area contributed by atoms with E-state index in [2.05, 4.69) is 5.32 Å². The summed E-state index contributed by atoms with van der Waals surface area (Å²) < 4.78 is 10.7. The Hall–Kier alpha value is -1.62. The van der Waals surface area contributed by atoms with Crippen molar-refractivity contribution in [3.05, 3.63) is 51.5 Å². The molecule has 1 atom stereocenters. The molecule has 0 saturated heterocycles. The monoisotopic (exact) mass is 373 g/mol. The quantitative estimate of drug-likeness (QED) is 0.795. The van der Waals surface area contributed by atoms with Crippen LogP contribution in [0.4, 0.5) is 5.69 Å². The van der Waals surface area contributed by atoms with E-state index in [1.54, 1.807) is 43.3 Å². The zero-order chi connectivity index (χ0) is 17.0. The largest absolute Gasteiger partial charge is 0.495 e. The molecule has 0 aromatic heterocycles. The first-order valence-electron chi connectivity index (χ1n) is 6.66. The maximum atomic E-state index is 12.3. The van der Waals surface area contributed by atoms with E-state index in [0.29, 0.717) is 32.3 Å². The molecule has 0 aliphatic rings. The fourth-order valence-corrected chi connectivity index (χ4v) is 2.54. The Balaban J connectivity index is 2.09. The molecule has 1 N–H and O–H groups in total. The lowest BCUT2D eigenvalue weighted by molar-refractivity contribution is -0.122. The Bertz CT molecular complexity index is 701. The highest BCUT2D eigenvalue weighted by Gasteiger charge is 2.17. The maximum absolute atomic E-state index is 12.3. The molecule has 1 unspecified atom stereocenters. The molecule has 1 amide bonds. The van der Waals surface area contributed by atoms with Crippen molar-refractivity contribution in [2.45, 2.75) is 13.0 Å². The number of hydrogen-bond donors (Lipinski definition) is 1. The minimum Gasteiger partial charge on any atom is -0.495 e. The molecule has 0 bridgehead atoms. The van der Waals surface area contributed by atoms with Crippen molar-refractivity contribution < 1.29 is 14.3 Å². The lowest BCUT2D eigenvalue weighted by Gasteiger charge is -2.16. The van der Waals surface area contributed by atoms with Gasteiger partial charge in [0.15, 0.2) is 6.10 Å². The SMILES string of the molecule is COc1ccc(Cl)cc1NC(=O)C(C)Oc1cc(Cl)cc(Cl)c1. The van der Waals surface area contributed by atoms with Crippen molar-refractivity contribution in [3.63, 3.8) is 0 Å². The third-order valence-corrected chi connectivity index (χ3v) is 3.61. The van der Waals surface area contributed by atoms with Gasteiger partial charge in [0.05, 0.1) is 12.8 Å². The number of anilines is 1. The zero-order valence-electron chi connectivity index (χ0n) is 12.4. The molecule has 23 heavy (non-hydrogen) atoms. The molecule has 0 spiro atoms. The van der Waals surface area contributed by atoms with Crippen molar-refractivity contribution in [1.82, 2.24) is 0 Å². The van der Waals surface area contributed by atoms with Crippen molar-refractivity contribution in [2.75, 3.05) is 12.4 Å². The van der Waals surface area contributed by atoms with Crippen LogP contribution < -0.4 is 14.8 Å². The number of carbonyl (C=O) groups is 1. The van der Waals surface area contributed by atoms with Crippen LogP contribution in [0.15, 0.2) is 36.4 Å². The van der Waals surface area contributed by atoms with Crippen molar-refractivity contribution in [1.29, 1.82) is 0 Å². The van der Waals surface area contributed by atoms with Gasteiger partial charge >= 0.3 is 0 Å². The van der Waals surface area contributed by atoms with E-state index in [1.165, 1.54) is 7.11 Å². The molecule has 7 heteroatoms. The van der Waals surface area contributed by atoms with Crippen LogP contribution in [-0.4, -0.2) is 19.1 Å². The van der Waals surface area contributed by atoms with Gasteiger partial charge in [-0.05, 0) is 43.3 Å². The van der Waals surface area contributed by atoms with Gasteiger partial charge in [-0.15, -0.1) is 0 Å². The molecule has 122 valence electrons. The van der Waals surface area contributed by atoms with Crippen LogP contribution in [-0.2, 0) is 4.79 Å². The van der Waals surface area contributed by atoms with Gasteiger partial charge in [-0.25, -0.2) is 0 Å². The first-order chi connectivity index (χ1) is 10.9. The topological polar surface area (TPSA) is 47.6 Å². The number of amides is 1. The number of hydrogen-bond acceptors (Lipinski definition) is 3. The molecular formula is C16H14Cl3NO3. The maximum Gasteiger partial charge on any atom is 0.265 e. The summed E-state index contributed by atoms with van der Waals surface area (Å²) in [6, 6.07) is 9.68. The van der Waals surface area contributed by atoms with E-state index in [1.807, 2.05) is 0 Å². The first-order valence-corrected chi connectivity index (χ1v) is 7.79. The Morgan fingerprint density at radius 3 is 2.30 bits per heavy atom. The minimum atomic E-state index is -0.770. The molecule has 2 aromatic carbocycles. The standard InChI is InChI=1S/C16H14Cl3NO3/c1-9(23-13-6-11(18)5-12(19)7-13)16(21)20-14-8-10(17)3-4-15(14)22-2/h3-9H,1-2H3,(H,20,21). The van der Waals surface area contributed by atoms with Crippen molar-refractivity contribution in [2.24, 2.45) is 0 Å². The van der Waals surface area contributed by atoms with Gasteiger partial charge in [-0.1, -0.05) is 34.8 Å². The van der Waals surface area contributed by atoms with E-state index < -0.39 is 6.10 Å². The minimum absolute atomic E-state index is 0.360. The highest BCUT2D eigenvalue weighted by molar-refractivity contribution is 6.34. The normalized spacial score (nSPS) is 11.7. The lowest BCUT2D eigenvalue weighted by atomic mass is 10.2. The predicted molar refractivity (Wildman–Crippen MR) is 93.2 cm³/mol. The summed E-state index contributed by atoms with van der Waals surface area (Å²) in [6.07, 6.45) is -0.770. The van der Waals surface area contributed by atoms with E-state index in [9.17, 15) is 4.79 Å². The number of carbonyl (C=O) groups excluding carboxylic acids is 1. The van der Waals surface area contributed by atoms with Gasteiger partial charge in [0.2, 0.25) is 0 Å². The highest BCUT2D eigenvalue weighted by atomic mass is 35.5. The van der Waals surface area contributed by atoms with Crippen LogP contribution in [0.1, 0.15) is 6.92 Å². The molecule has 2 aromatic rings. The Morgan fingerprint density at radius 1 is 1.04 bits per heavy atom. The highest BCUT2D eigenvalue weighted by Crippen LogP contribution is 2.28. The number of ether oxygens (including phenoxy) is 2. The molecule has 0 aliphatic carbocycles. The summed E-state index contributed by atoms with van der Waals surface area (Å²) in [4.78, 5) is 12.3. The molecule has 0 aliphatic heterocycles. The molecule has 0 saturated carbocycles. The summed E-state index contributed by atoms with van der Waals surface area (Å²) in [6.45, 7) is 1.61. The average Bonchev–Trinajstić information content (AvgIpc) is 2.46. The fourth-order valence-electron chi connectivity index (χ4n) is 1.87. The van der Waals surface area contributed by atoms with Crippen LogP contribution >= 0.6 is 34.8 Å². The number of halogens is 3. The van der Waals surface area contributed by atoms with E-state index >= 15 is 0 Å². The van der Waals surface area contributed by atoms with Crippen LogP contribution in [0.3, 0.4) is 0 Å². The molecule has 0 radical (unpaired) electrons. The Morgan fingerprint density at radius 2 is 1.70 bits per heavy atom. The summed E-state index contributed by atoms with van der Waals surface area (Å²) in [5.41, 5.74) is 0.463. The second-order valence-corrected chi connectivity index (χ2v) is 6.01. The third kappa shape index (κ3) is 4.93. The van der Waals surface area contributed by atoms with E-state index in [4.69, 9.17) is 44.3 Å². The Kier molecular flexibility index (Phi) is 5.99. The van der Waals surface area contributed by atoms with Crippen molar-refractivity contribution in [3.8, 4) is 11.5 Å². The predicted octanol–water partition coefficient (Wildman–Crippen LogP) is 5.06.